The molecule has 1 amide bonds. The number of nitrogens with zero attached hydrogens (tertiary/aromatic N) is 1. The predicted octanol–water partition coefficient (Wildman–Crippen LogP) is 6.36. The standard InChI is InChI=1S/C12H4BrCl5N2O/c13-4-1-2-6(5(14)3-4)19-12(21)10-8(16)7(15)9(17)11(18)20-10/h1-3H,(H,19,21). The van der Waals surface area contributed by atoms with Crippen LogP contribution in [0.3, 0.4) is 0 Å². The molecule has 1 N–H and O–H groups in total. The molecule has 0 saturated heterocycles. The molecule has 0 aliphatic carbocycles. The number of hydrogen-bond donors (Lipinski definition) is 1. The van der Waals surface area contributed by atoms with Crippen LogP contribution in [-0.4, -0.2) is 10.9 Å². The van der Waals surface area contributed by atoms with Gasteiger partial charge in [-0.2, -0.15) is 0 Å². The molecule has 0 atom stereocenters. The molecule has 0 radical (unpaired) electrons. The topological polar surface area (TPSA) is 42.0 Å². The highest BCUT2D eigenvalue weighted by Crippen LogP contribution is 2.36. The largest absolute Gasteiger partial charge is 0.319 e. The summed E-state index contributed by atoms with van der Waals surface area (Å²) < 4.78 is 0.777. The van der Waals surface area contributed by atoms with Crippen LogP contribution in [0, 0.1) is 0 Å². The predicted molar refractivity (Wildman–Crippen MR) is 91.4 cm³/mol. The zero-order valence-electron chi connectivity index (χ0n) is 9.86. The molecule has 0 saturated carbocycles. The van der Waals surface area contributed by atoms with Gasteiger partial charge in [-0.05, 0) is 18.2 Å². The first-order valence-electron chi connectivity index (χ1n) is 5.27. The number of benzene rings is 1. The van der Waals surface area contributed by atoms with Crippen molar-refractivity contribution in [2.24, 2.45) is 0 Å². The number of carbonyl (C=O) groups is 1. The Hall–Kier alpha value is -0.230. The Bertz CT molecular complexity index is 738. The fourth-order valence-corrected chi connectivity index (χ4v) is 2.94. The molecular formula is C12H4BrCl5N2O. The van der Waals surface area contributed by atoms with E-state index >= 15 is 0 Å². The first-order valence-corrected chi connectivity index (χ1v) is 7.96. The van der Waals surface area contributed by atoms with Crippen LogP contribution in [0.4, 0.5) is 5.69 Å². The van der Waals surface area contributed by atoms with E-state index in [1.54, 1.807) is 18.2 Å². The van der Waals surface area contributed by atoms with Crippen molar-refractivity contribution < 1.29 is 4.79 Å². The lowest BCUT2D eigenvalue weighted by atomic mass is 10.3. The highest BCUT2D eigenvalue weighted by atomic mass is 79.9. The van der Waals surface area contributed by atoms with Crippen LogP contribution in [0.15, 0.2) is 22.7 Å². The van der Waals surface area contributed by atoms with E-state index in [2.05, 4.69) is 26.2 Å². The summed E-state index contributed by atoms with van der Waals surface area (Å²) in [5, 5.41) is 2.67. The minimum atomic E-state index is -0.607. The summed E-state index contributed by atoms with van der Waals surface area (Å²) in [6, 6.07) is 4.98. The molecular weight excluding hydrogens is 445 g/mol. The van der Waals surface area contributed by atoms with Crippen LogP contribution in [0.1, 0.15) is 10.5 Å². The monoisotopic (exact) mass is 446 g/mol. The van der Waals surface area contributed by atoms with Crippen LogP contribution in [-0.2, 0) is 0 Å². The lowest BCUT2D eigenvalue weighted by Gasteiger charge is -2.10. The molecule has 9 heteroatoms. The van der Waals surface area contributed by atoms with Crippen molar-refractivity contribution in [3.05, 3.63) is 53.6 Å². The van der Waals surface area contributed by atoms with Crippen LogP contribution in [0.25, 0.3) is 0 Å². The van der Waals surface area contributed by atoms with Gasteiger partial charge in [0.1, 0.15) is 10.8 Å². The minimum absolute atomic E-state index is 0.0124. The Morgan fingerprint density at radius 2 is 1.71 bits per heavy atom. The fourth-order valence-electron chi connectivity index (χ4n) is 1.41. The summed E-state index contributed by atoms with van der Waals surface area (Å²) in [6.45, 7) is 0. The van der Waals surface area contributed by atoms with E-state index in [0.29, 0.717) is 10.7 Å². The molecule has 2 rings (SSSR count). The zero-order valence-corrected chi connectivity index (χ0v) is 15.2. The maximum Gasteiger partial charge on any atom is 0.275 e. The molecule has 110 valence electrons. The Labute approximate surface area is 153 Å². The SMILES string of the molecule is O=C(Nc1ccc(Br)cc1Cl)c1nc(Cl)c(Cl)c(Cl)c1Cl. The average Bonchev–Trinajstić information content (AvgIpc) is 2.43. The summed E-state index contributed by atoms with van der Waals surface area (Å²) in [5.74, 6) is -0.607. The maximum atomic E-state index is 12.2. The van der Waals surface area contributed by atoms with Crippen LogP contribution in [0.2, 0.25) is 25.2 Å². The molecule has 0 bridgehead atoms. The summed E-state index contributed by atoms with van der Waals surface area (Å²) >= 11 is 32.7. The zero-order chi connectivity index (χ0) is 15.7. The Morgan fingerprint density at radius 1 is 1.05 bits per heavy atom. The van der Waals surface area contributed by atoms with Crippen LogP contribution in [0.5, 0.6) is 0 Å². The number of aromatic nitrogens is 1. The van der Waals surface area contributed by atoms with E-state index in [1.807, 2.05) is 0 Å². The lowest BCUT2D eigenvalue weighted by molar-refractivity contribution is 0.102. The summed E-state index contributed by atoms with van der Waals surface area (Å²) in [6.07, 6.45) is 0. The van der Waals surface area contributed by atoms with Gasteiger partial charge in [-0.15, -0.1) is 0 Å². The van der Waals surface area contributed by atoms with E-state index in [4.69, 9.17) is 58.0 Å². The molecule has 0 aliphatic rings. The fraction of sp³-hybridized carbons (Fsp3) is 0. The van der Waals surface area contributed by atoms with Gasteiger partial charge in [-0.3, -0.25) is 4.79 Å². The van der Waals surface area contributed by atoms with Gasteiger partial charge in [0.2, 0.25) is 0 Å². The summed E-state index contributed by atoms with van der Waals surface area (Å²) in [7, 11) is 0. The second-order valence-corrected chi connectivity index (χ2v) is 6.59. The summed E-state index contributed by atoms with van der Waals surface area (Å²) in [4.78, 5) is 16.0. The van der Waals surface area contributed by atoms with Gasteiger partial charge >= 0.3 is 0 Å². The molecule has 3 nitrogen and oxygen atoms in total. The smallest absolute Gasteiger partial charge is 0.275 e. The normalized spacial score (nSPS) is 10.6. The Balaban J connectivity index is 2.37. The maximum absolute atomic E-state index is 12.2. The molecule has 1 heterocycles. The third-order valence-electron chi connectivity index (χ3n) is 2.38. The van der Waals surface area contributed by atoms with Crippen molar-refractivity contribution in [1.82, 2.24) is 4.98 Å². The number of hydrogen-bond acceptors (Lipinski definition) is 2. The third-order valence-corrected chi connectivity index (χ3v) is 4.86. The highest BCUT2D eigenvalue weighted by Gasteiger charge is 2.20. The van der Waals surface area contributed by atoms with Gasteiger partial charge in [0, 0.05) is 4.47 Å². The molecule has 0 unspecified atom stereocenters. The van der Waals surface area contributed by atoms with Crippen molar-refractivity contribution >= 4 is 85.5 Å². The first-order chi connectivity index (χ1) is 9.81. The minimum Gasteiger partial charge on any atom is -0.319 e. The van der Waals surface area contributed by atoms with Gasteiger partial charge < -0.3 is 5.32 Å². The quantitative estimate of drug-likeness (QED) is 0.542. The van der Waals surface area contributed by atoms with Gasteiger partial charge in [-0.1, -0.05) is 73.9 Å². The van der Waals surface area contributed by atoms with Crippen molar-refractivity contribution in [3.63, 3.8) is 0 Å². The molecule has 1 aromatic heterocycles. The average molecular weight is 449 g/mol. The summed E-state index contributed by atoms with van der Waals surface area (Å²) in [5.41, 5.74) is 0.250. The molecule has 2 aromatic rings. The first kappa shape index (κ1) is 17.1. The number of pyridine rings is 1. The van der Waals surface area contributed by atoms with Gasteiger partial charge in [0.05, 0.1) is 25.8 Å². The number of halogens is 6. The van der Waals surface area contributed by atoms with E-state index in [9.17, 15) is 4.79 Å². The molecule has 1 aromatic carbocycles. The number of anilines is 1. The van der Waals surface area contributed by atoms with E-state index in [0.717, 1.165) is 4.47 Å². The number of amides is 1. The van der Waals surface area contributed by atoms with Crippen molar-refractivity contribution in [2.45, 2.75) is 0 Å². The Kier molecular flexibility index (Phi) is 5.63. The van der Waals surface area contributed by atoms with Crippen LogP contribution < -0.4 is 5.32 Å². The molecule has 0 spiro atoms. The van der Waals surface area contributed by atoms with E-state index in [1.165, 1.54) is 0 Å². The van der Waals surface area contributed by atoms with E-state index in [-0.39, 0.29) is 25.9 Å². The van der Waals surface area contributed by atoms with Gasteiger partial charge in [0.25, 0.3) is 5.91 Å². The number of carbonyl (C=O) groups excluding carboxylic acids is 1. The molecule has 0 fully saturated rings. The number of rotatable bonds is 2. The highest BCUT2D eigenvalue weighted by molar-refractivity contribution is 9.10. The van der Waals surface area contributed by atoms with E-state index < -0.39 is 5.91 Å². The van der Waals surface area contributed by atoms with Crippen molar-refractivity contribution in [1.29, 1.82) is 0 Å². The second kappa shape index (κ2) is 6.90. The van der Waals surface area contributed by atoms with Gasteiger partial charge in [0.15, 0.2) is 0 Å². The molecule has 21 heavy (non-hydrogen) atoms. The third kappa shape index (κ3) is 3.76. The molecule has 0 aliphatic heterocycles. The van der Waals surface area contributed by atoms with Crippen LogP contribution >= 0.6 is 73.9 Å². The van der Waals surface area contributed by atoms with Crippen molar-refractivity contribution in [2.75, 3.05) is 5.32 Å². The Morgan fingerprint density at radius 3 is 2.33 bits per heavy atom. The second-order valence-electron chi connectivity index (χ2n) is 3.77. The van der Waals surface area contributed by atoms with Gasteiger partial charge in [-0.25, -0.2) is 4.98 Å². The van der Waals surface area contributed by atoms with Crippen molar-refractivity contribution in [3.8, 4) is 0 Å². The number of nitrogens with one attached hydrogen (secondary N) is 1. The lowest BCUT2D eigenvalue weighted by Crippen LogP contribution is -2.15.